The topological polar surface area (TPSA) is 18.5 Å². The number of rotatable bonds is 5. The van der Waals surface area contributed by atoms with Crippen LogP contribution in [0, 0.1) is 0 Å². The summed E-state index contributed by atoms with van der Waals surface area (Å²) in [5, 5.41) is 0. The molecule has 1 rings (SSSR count). The summed E-state index contributed by atoms with van der Waals surface area (Å²) >= 11 is 0. The maximum absolute atomic E-state index is 5.50. The van der Waals surface area contributed by atoms with Crippen LogP contribution in [0.5, 0.6) is 5.75 Å². The van der Waals surface area contributed by atoms with Crippen LogP contribution >= 0.6 is 0 Å². The Labute approximate surface area is 79.5 Å². The normalized spacial score (nSPS) is 12.5. The molecule has 1 aromatic rings. The Balaban J connectivity index is 2.20. The summed E-state index contributed by atoms with van der Waals surface area (Å²) in [6.07, 6.45) is 1.19. The molecular formula is C11H16O2. The van der Waals surface area contributed by atoms with E-state index in [1.54, 1.807) is 7.11 Å². The molecule has 0 aromatic heterocycles. The molecule has 72 valence electrons. The van der Waals surface area contributed by atoms with Gasteiger partial charge >= 0.3 is 0 Å². The van der Waals surface area contributed by atoms with Gasteiger partial charge in [-0.05, 0) is 19.1 Å². The summed E-state index contributed by atoms with van der Waals surface area (Å²) in [7, 11) is 1.72. The quantitative estimate of drug-likeness (QED) is 0.693. The van der Waals surface area contributed by atoms with Crippen LogP contribution in [0.3, 0.4) is 0 Å². The molecule has 1 aromatic carbocycles. The maximum Gasteiger partial charge on any atom is 0.119 e. The monoisotopic (exact) mass is 180 g/mol. The third kappa shape index (κ3) is 3.95. The van der Waals surface area contributed by atoms with Crippen LogP contribution in [0.4, 0.5) is 0 Å². The minimum Gasteiger partial charge on any atom is -0.493 e. The third-order valence-corrected chi connectivity index (χ3v) is 1.94. The van der Waals surface area contributed by atoms with Gasteiger partial charge in [0.15, 0.2) is 0 Å². The largest absolute Gasteiger partial charge is 0.493 e. The van der Waals surface area contributed by atoms with Gasteiger partial charge in [-0.15, -0.1) is 0 Å². The van der Waals surface area contributed by atoms with E-state index in [-0.39, 0.29) is 6.10 Å². The number of methoxy groups -OCH3 is 1. The van der Waals surface area contributed by atoms with Crippen molar-refractivity contribution in [1.82, 2.24) is 0 Å². The standard InChI is InChI=1S/C11H16O2/c1-10(12-2)8-9-13-11-6-4-3-5-7-11/h3-7,10H,8-9H2,1-2H3. The van der Waals surface area contributed by atoms with E-state index < -0.39 is 0 Å². The molecule has 0 spiro atoms. The zero-order valence-electron chi connectivity index (χ0n) is 8.19. The lowest BCUT2D eigenvalue weighted by molar-refractivity contribution is 0.0956. The second-order valence-electron chi connectivity index (χ2n) is 3.00. The third-order valence-electron chi connectivity index (χ3n) is 1.94. The molecule has 0 fully saturated rings. The van der Waals surface area contributed by atoms with Crippen molar-refractivity contribution in [3.63, 3.8) is 0 Å². The Morgan fingerprint density at radius 3 is 2.54 bits per heavy atom. The molecule has 0 heterocycles. The van der Waals surface area contributed by atoms with Crippen molar-refractivity contribution in [1.29, 1.82) is 0 Å². The van der Waals surface area contributed by atoms with Crippen molar-refractivity contribution in [2.24, 2.45) is 0 Å². The molecule has 0 saturated heterocycles. The highest BCUT2D eigenvalue weighted by atomic mass is 16.5. The lowest BCUT2D eigenvalue weighted by atomic mass is 10.3. The van der Waals surface area contributed by atoms with E-state index in [4.69, 9.17) is 9.47 Å². The summed E-state index contributed by atoms with van der Waals surface area (Å²) in [4.78, 5) is 0. The zero-order chi connectivity index (χ0) is 9.52. The molecular weight excluding hydrogens is 164 g/mol. The second-order valence-corrected chi connectivity index (χ2v) is 3.00. The number of para-hydroxylation sites is 1. The Hall–Kier alpha value is -1.02. The first-order valence-electron chi connectivity index (χ1n) is 4.53. The number of benzene rings is 1. The lowest BCUT2D eigenvalue weighted by Gasteiger charge is -2.10. The summed E-state index contributed by atoms with van der Waals surface area (Å²) in [5.74, 6) is 0.922. The smallest absolute Gasteiger partial charge is 0.119 e. The SMILES string of the molecule is COC(C)CCOc1ccccc1. The minimum atomic E-state index is 0.267. The molecule has 1 unspecified atom stereocenters. The molecule has 0 radical (unpaired) electrons. The first kappa shape index (κ1) is 10.1. The van der Waals surface area contributed by atoms with Crippen molar-refractivity contribution in [3.05, 3.63) is 30.3 Å². The fraction of sp³-hybridized carbons (Fsp3) is 0.455. The van der Waals surface area contributed by atoms with Gasteiger partial charge in [0.25, 0.3) is 0 Å². The summed E-state index contributed by atoms with van der Waals surface area (Å²) in [6.45, 7) is 2.74. The number of hydrogen-bond acceptors (Lipinski definition) is 2. The first-order valence-corrected chi connectivity index (χ1v) is 4.53. The average molecular weight is 180 g/mol. The number of hydrogen-bond donors (Lipinski definition) is 0. The van der Waals surface area contributed by atoms with Crippen LogP contribution in [0.25, 0.3) is 0 Å². The highest BCUT2D eigenvalue weighted by molar-refractivity contribution is 5.20. The van der Waals surface area contributed by atoms with E-state index in [1.807, 2.05) is 37.3 Å². The van der Waals surface area contributed by atoms with Crippen LogP contribution in [0.15, 0.2) is 30.3 Å². The minimum absolute atomic E-state index is 0.267. The molecule has 0 aliphatic carbocycles. The van der Waals surface area contributed by atoms with Crippen molar-refractivity contribution < 1.29 is 9.47 Å². The lowest BCUT2D eigenvalue weighted by Crippen LogP contribution is -2.10. The van der Waals surface area contributed by atoms with Gasteiger partial charge in [-0.25, -0.2) is 0 Å². The summed E-state index contributed by atoms with van der Waals surface area (Å²) < 4.78 is 10.6. The predicted octanol–water partition coefficient (Wildman–Crippen LogP) is 2.49. The zero-order valence-corrected chi connectivity index (χ0v) is 8.19. The summed E-state index contributed by atoms with van der Waals surface area (Å²) in [5.41, 5.74) is 0. The van der Waals surface area contributed by atoms with Crippen LogP contribution in [0.2, 0.25) is 0 Å². The van der Waals surface area contributed by atoms with Gasteiger partial charge in [0, 0.05) is 13.5 Å². The molecule has 0 saturated carbocycles. The summed E-state index contributed by atoms with van der Waals surface area (Å²) in [6, 6.07) is 9.82. The molecule has 0 aliphatic heterocycles. The van der Waals surface area contributed by atoms with Gasteiger partial charge < -0.3 is 9.47 Å². The van der Waals surface area contributed by atoms with Crippen molar-refractivity contribution in [3.8, 4) is 5.75 Å². The Morgan fingerprint density at radius 1 is 1.23 bits per heavy atom. The van der Waals surface area contributed by atoms with Crippen molar-refractivity contribution in [2.75, 3.05) is 13.7 Å². The van der Waals surface area contributed by atoms with Crippen LogP contribution < -0.4 is 4.74 Å². The van der Waals surface area contributed by atoms with Gasteiger partial charge in [0.2, 0.25) is 0 Å². The van der Waals surface area contributed by atoms with E-state index in [0.29, 0.717) is 6.61 Å². The van der Waals surface area contributed by atoms with Gasteiger partial charge in [0.1, 0.15) is 5.75 Å². The van der Waals surface area contributed by atoms with Gasteiger partial charge in [-0.2, -0.15) is 0 Å². The van der Waals surface area contributed by atoms with Crippen LogP contribution in [-0.4, -0.2) is 19.8 Å². The van der Waals surface area contributed by atoms with Crippen LogP contribution in [0.1, 0.15) is 13.3 Å². The van der Waals surface area contributed by atoms with E-state index in [1.165, 1.54) is 0 Å². The fourth-order valence-electron chi connectivity index (χ4n) is 0.977. The van der Waals surface area contributed by atoms with Crippen LogP contribution in [-0.2, 0) is 4.74 Å². The Morgan fingerprint density at radius 2 is 1.92 bits per heavy atom. The molecule has 0 amide bonds. The average Bonchev–Trinajstić information content (AvgIpc) is 2.19. The highest BCUT2D eigenvalue weighted by Gasteiger charge is 1.98. The second kappa shape index (κ2) is 5.60. The molecule has 2 nitrogen and oxygen atoms in total. The molecule has 13 heavy (non-hydrogen) atoms. The van der Waals surface area contributed by atoms with E-state index in [9.17, 15) is 0 Å². The van der Waals surface area contributed by atoms with E-state index in [2.05, 4.69) is 0 Å². The fourth-order valence-corrected chi connectivity index (χ4v) is 0.977. The van der Waals surface area contributed by atoms with Gasteiger partial charge in [-0.3, -0.25) is 0 Å². The highest BCUT2D eigenvalue weighted by Crippen LogP contribution is 2.09. The molecule has 1 atom stereocenters. The Bertz CT molecular complexity index is 221. The molecule has 0 N–H and O–H groups in total. The van der Waals surface area contributed by atoms with E-state index >= 15 is 0 Å². The van der Waals surface area contributed by atoms with Gasteiger partial charge in [0.05, 0.1) is 12.7 Å². The predicted molar refractivity (Wildman–Crippen MR) is 53.0 cm³/mol. The molecule has 0 bridgehead atoms. The molecule has 2 heteroatoms. The number of ether oxygens (including phenoxy) is 2. The Kier molecular flexibility index (Phi) is 4.33. The molecule has 0 aliphatic rings. The maximum atomic E-state index is 5.50. The van der Waals surface area contributed by atoms with Crippen molar-refractivity contribution >= 4 is 0 Å². The first-order chi connectivity index (χ1) is 6.33. The van der Waals surface area contributed by atoms with Gasteiger partial charge in [-0.1, -0.05) is 18.2 Å². The van der Waals surface area contributed by atoms with Crippen molar-refractivity contribution in [2.45, 2.75) is 19.4 Å². The van der Waals surface area contributed by atoms with E-state index in [0.717, 1.165) is 12.2 Å².